The molecule has 4 saturated carbocycles. The van der Waals surface area contributed by atoms with Crippen molar-refractivity contribution in [3.05, 3.63) is 0 Å². The summed E-state index contributed by atoms with van der Waals surface area (Å²) in [6, 6.07) is 0.0920. The number of aliphatic hydroxyl groups is 1. The third-order valence-corrected chi connectivity index (χ3v) is 15.1. The smallest absolute Gasteiger partial charge is 0.393 e. The summed E-state index contributed by atoms with van der Waals surface area (Å²) in [5, 5.41) is 17.3. The van der Waals surface area contributed by atoms with Gasteiger partial charge in [-0.05, 0) is 137 Å². The molecule has 10 atom stereocenters. The standard InChI is InChI=1S/C36H63N3O4/c1-31(2)14-10-15-36(8,43-31)24-11-17-35(7)29(24)25(40)23-27-33(5)16-13-28(32(3,4)26(33)12-18-34(27,35)6)37-30(41)42-39-21-19-38(9)20-22-39/h24-29,40H,10-23H2,1-9H3,(H,37,41)/t24-,25+,26-,27+,28-,29-,33-,34+,35+,36+/m0/s1. The van der Waals surface area contributed by atoms with Gasteiger partial charge in [0.2, 0.25) is 0 Å². The lowest BCUT2D eigenvalue weighted by molar-refractivity contribution is -0.251. The van der Waals surface area contributed by atoms with Gasteiger partial charge in [-0.1, -0.05) is 34.6 Å². The highest BCUT2D eigenvalue weighted by Crippen LogP contribution is 2.76. The van der Waals surface area contributed by atoms with E-state index in [9.17, 15) is 9.90 Å². The summed E-state index contributed by atoms with van der Waals surface area (Å²) in [7, 11) is 2.11. The molecule has 7 nitrogen and oxygen atoms in total. The fourth-order valence-electron chi connectivity index (χ4n) is 12.7. The molecule has 2 aliphatic heterocycles. The molecule has 0 spiro atoms. The van der Waals surface area contributed by atoms with Gasteiger partial charge in [-0.2, -0.15) is 0 Å². The number of nitrogens with one attached hydrogen (secondary N) is 1. The Morgan fingerprint density at radius 2 is 1.51 bits per heavy atom. The first-order valence-corrected chi connectivity index (χ1v) is 17.8. The quantitative estimate of drug-likeness (QED) is 0.378. The molecule has 6 fully saturated rings. The van der Waals surface area contributed by atoms with Gasteiger partial charge >= 0.3 is 6.09 Å². The number of ether oxygens (including phenoxy) is 1. The minimum absolute atomic E-state index is 0.0502. The molecule has 0 unspecified atom stereocenters. The monoisotopic (exact) mass is 601 g/mol. The van der Waals surface area contributed by atoms with Crippen LogP contribution in [0.25, 0.3) is 0 Å². The van der Waals surface area contributed by atoms with Gasteiger partial charge in [0.05, 0.1) is 17.3 Å². The number of hydrogen-bond donors (Lipinski definition) is 2. The third kappa shape index (κ3) is 5.00. The van der Waals surface area contributed by atoms with E-state index in [0.717, 1.165) is 58.3 Å². The van der Waals surface area contributed by atoms with Gasteiger partial charge in [-0.15, -0.1) is 5.06 Å². The Kier molecular flexibility index (Phi) is 7.88. The predicted octanol–water partition coefficient (Wildman–Crippen LogP) is 6.64. The molecular formula is C36H63N3O4. The number of amides is 1. The fraction of sp³-hybridized carbons (Fsp3) is 0.972. The molecule has 6 aliphatic rings. The average molecular weight is 602 g/mol. The summed E-state index contributed by atoms with van der Waals surface area (Å²) in [4.78, 5) is 21.1. The van der Waals surface area contributed by atoms with Crippen molar-refractivity contribution in [2.45, 2.75) is 143 Å². The molecule has 2 N–H and O–H groups in total. The summed E-state index contributed by atoms with van der Waals surface area (Å²) in [6.07, 6.45) is 10.6. The number of hydroxylamine groups is 2. The van der Waals surface area contributed by atoms with Crippen molar-refractivity contribution in [2.75, 3.05) is 33.2 Å². The Balaban J connectivity index is 1.20. The van der Waals surface area contributed by atoms with E-state index in [4.69, 9.17) is 9.57 Å². The van der Waals surface area contributed by atoms with E-state index in [1.54, 1.807) is 0 Å². The molecule has 0 aromatic carbocycles. The van der Waals surface area contributed by atoms with Crippen LogP contribution in [0.15, 0.2) is 0 Å². The van der Waals surface area contributed by atoms with Gasteiger partial charge in [-0.25, -0.2) is 4.79 Å². The van der Waals surface area contributed by atoms with Gasteiger partial charge in [0.15, 0.2) is 0 Å². The minimum Gasteiger partial charge on any atom is -0.393 e. The second-order valence-electron chi connectivity index (χ2n) is 18.2. The number of aliphatic hydroxyl groups excluding tert-OH is 1. The van der Waals surface area contributed by atoms with Crippen LogP contribution in [0.2, 0.25) is 0 Å². The lowest BCUT2D eigenvalue weighted by Crippen LogP contribution is -2.68. The van der Waals surface area contributed by atoms with Crippen LogP contribution >= 0.6 is 0 Å². The van der Waals surface area contributed by atoms with Crippen LogP contribution in [0.1, 0.15) is 120 Å². The van der Waals surface area contributed by atoms with Crippen LogP contribution in [0.5, 0.6) is 0 Å². The second kappa shape index (κ2) is 10.6. The lowest BCUT2D eigenvalue weighted by atomic mass is 9.35. The topological polar surface area (TPSA) is 74.3 Å². The number of likely N-dealkylation sites (N-methyl/N-ethyl adjacent to an activating group) is 1. The average Bonchev–Trinajstić information content (AvgIpc) is 3.29. The van der Waals surface area contributed by atoms with Gasteiger partial charge in [0.25, 0.3) is 0 Å². The molecule has 43 heavy (non-hydrogen) atoms. The number of fused-ring (bicyclic) bond motifs is 5. The maximum absolute atomic E-state index is 13.1. The van der Waals surface area contributed by atoms with Gasteiger partial charge in [0, 0.05) is 32.2 Å². The zero-order valence-corrected chi connectivity index (χ0v) is 28.9. The van der Waals surface area contributed by atoms with Gasteiger partial charge in [0.1, 0.15) is 0 Å². The summed E-state index contributed by atoms with van der Waals surface area (Å²) in [5.74, 6) is 1.68. The van der Waals surface area contributed by atoms with Crippen LogP contribution in [-0.4, -0.2) is 77.7 Å². The second-order valence-corrected chi connectivity index (χ2v) is 18.2. The molecule has 7 heteroatoms. The number of carbonyl (C=O) groups excluding carboxylic acids is 1. The molecule has 0 radical (unpaired) electrons. The van der Waals surface area contributed by atoms with Crippen LogP contribution in [0, 0.1) is 45.3 Å². The number of rotatable bonds is 3. The Bertz CT molecular complexity index is 1070. The first-order chi connectivity index (χ1) is 20.0. The Labute approximate surface area is 262 Å². The predicted molar refractivity (Wildman–Crippen MR) is 170 cm³/mol. The van der Waals surface area contributed by atoms with E-state index in [1.165, 1.54) is 32.1 Å². The van der Waals surface area contributed by atoms with E-state index in [2.05, 4.69) is 72.7 Å². The largest absolute Gasteiger partial charge is 0.426 e. The van der Waals surface area contributed by atoms with E-state index >= 15 is 0 Å². The molecule has 2 saturated heterocycles. The van der Waals surface area contributed by atoms with Crippen LogP contribution in [-0.2, 0) is 9.57 Å². The highest BCUT2D eigenvalue weighted by atomic mass is 16.7. The fourth-order valence-corrected chi connectivity index (χ4v) is 12.7. The summed E-state index contributed by atoms with van der Waals surface area (Å²) in [6.45, 7) is 22.7. The highest BCUT2D eigenvalue weighted by molar-refractivity contribution is 5.67. The molecule has 2 heterocycles. The summed E-state index contributed by atoms with van der Waals surface area (Å²) in [5.41, 5.74) is 0.141. The summed E-state index contributed by atoms with van der Waals surface area (Å²) >= 11 is 0. The lowest BCUT2D eigenvalue weighted by Gasteiger charge is -2.71. The normalized spacial score (nSPS) is 49.8. The zero-order valence-electron chi connectivity index (χ0n) is 28.9. The van der Waals surface area contributed by atoms with Crippen molar-refractivity contribution < 1.29 is 19.5 Å². The first-order valence-electron chi connectivity index (χ1n) is 17.8. The van der Waals surface area contributed by atoms with Gasteiger partial charge < -0.3 is 24.9 Å². The van der Waals surface area contributed by atoms with E-state index in [-0.39, 0.29) is 51.1 Å². The van der Waals surface area contributed by atoms with Crippen molar-refractivity contribution in [1.29, 1.82) is 0 Å². The molecule has 0 aromatic heterocycles. The molecule has 0 bridgehead atoms. The van der Waals surface area contributed by atoms with E-state index < -0.39 is 0 Å². The molecule has 4 aliphatic carbocycles. The Morgan fingerprint density at radius 1 is 0.837 bits per heavy atom. The molecular weight excluding hydrogens is 538 g/mol. The van der Waals surface area contributed by atoms with Crippen molar-refractivity contribution >= 4 is 6.09 Å². The van der Waals surface area contributed by atoms with Crippen LogP contribution < -0.4 is 5.32 Å². The van der Waals surface area contributed by atoms with Crippen LogP contribution in [0.3, 0.4) is 0 Å². The third-order valence-electron chi connectivity index (χ3n) is 15.1. The van der Waals surface area contributed by atoms with Crippen molar-refractivity contribution in [2.24, 2.45) is 45.3 Å². The maximum Gasteiger partial charge on any atom is 0.426 e. The van der Waals surface area contributed by atoms with Crippen molar-refractivity contribution in [1.82, 2.24) is 15.3 Å². The molecule has 0 aromatic rings. The number of piperazine rings is 1. The summed E-state index contributed by atoms with van der Waals surface area (Å²) < 4.78 is 6.92. The molecule has 246 valence electrons. The first kappa shape index (κ1) is 32.1. The number of hydrogen-bond acceptors (Lipinski definition) is 6. The van der Waals surface area contributed by atoms with E-state index in [0.29, 0.717) is 23.7 Å². The number of carbonyl (C=O) groups is 1. The SMILES string of the molecule is CN1CCN(OC(=O)N[C@H]2CC[C@]3(C)[C@H]4C[C@@H](O)[C@@H]5[C@@H]([C@@]6(C)CCCC(C)(C)O6)CC[C@@]5(C)[C@]4(C)CC[C@H]3C2(C)C)CC1. The maximum atomic E-state index is 13.1. The van der Waals surface area contributed by atoms with Crippen LogP contribution in [0.4, 0.5) is 4.79 Å². The molecule has 6 rings (SSSR count). The highest BCUT2D eigenvalue weighted by Gasteiger charge is 2.71. The minimum atomic E-state index is -0.297. The number of nitrogens with zero attached hydrogens (tertiary/aromatic N) is 2. The van der Waals surface area contributed by atoms with Gasteiger partial charge in [-0.3, -0.25) is 0 Å². The molecule has 1 amide bonds. The van der Waals surface area contributed by atoms with E-state index in [1.807, 2.05) is 5.06 Å². The Morgan fingerprint density at radius 3 is 2.19 bits per heavy atom. The van der Waals surface area contributed by atoms with Crippen molar-refractivity contribution in [3.63, 3.8) is 0 Å². The Hall–Kier alpha value is -0.890. The van der Waals surface area contributed by atoms with Crippen molar-refractivity contribution in [3.8, 4) is 0 Å². The zero-order chi connectivity index (χ0) is 31.2.